The van der Waals surface area contributed by atoms with Gasteiger partial charge in [0.2, 0.25) is 0 Å². The lowest BCUT2D eigenvalue weighted by atomic mass is 10.2. The Morgan fingerprint density at radius 1 is 1.50 bits per heavy atom. The standard InChI is InChI=1S/C11H15IN2O2/c1-7-5-8(12)9(6-13-7)14-10(15)16-11(2,3)4/h5-6H,1-4H3,(H,14,15). The van der Waals surface area contributed by atoms with Crippen LogP contribution in [0.5, 0.6) is 0 Å². The van der Waals surface area contributed by atoms with Gasteiger partial charge in [-0.25, -0.2) is 4.79 Å². The number of hydrogen-bond donors (Lipinski definition) is 1. The van der Waals surface area contributed by atoms with Gasteiger partial charge in [0.1, 0.15) is 5.60 Å². The van der Waals surface area contributed by atoms with Crippen LogP contribution in [-0.4, -0.2) is 16.7 Å². The molecule has 88 valence electrons. The van der Waals surface area contributed by atoms with Crippen molar-refractivity contribution in [2.24, 2.45) is 0 Å². The molecule has 1 aromatic heterocycles. The van der Waals surface area contributed by atoms with Gasteiger partial charge in [0.05, 0.1) is 11.9 Å². The lowest BCUT2D eigenvalue weighted by Crippen LogP contribution is -2.27. The van der Waals surface area contributed by atoms with E-state index in [-0.39, 0.29) is 0 Å². The Morgan fingerprint density at radius 3 is 2.62 bits per heavy atom. The summed E-state index contributed by atoms with van der Waals surface area (Å²) in [6, 6.07) is 1.90. The molecule has 16 heavy (non-hydrogen) atoms. The highest BCUT2D eigenvalue weighted by Gasteiger charge is 2.16. The molecule has 0 radical (unpaired) electrons. The summed E-state index contributed by atoms with van der Waals surface area (Å²) >= 11 is 2.15. The van der Waals surface area contributed by atoms with E-state index < -0.39 is 11.7 Å². The van der Waals surface area contributed by atoms with Crippen molar-refractivity contribution in [2.75, 3.05) is 5.32 Å². The summed E-state index contributed by atoms with van der Waals surface area (Å²) in [7, 11) is 0. The van der Waals surface area contributed by atoms with E-state index in [0.29, 0.717) is 5.69 Å². The van der Waals surface area contributed by atoms with Crippen LogP contribution in [0.2, 0.25) is 0 Å². The zero-order valence-electron chi connectivity index (χ0n) is 9.80. The van der Waals surface area contributed by atoms with Gasteiger partial charge in [-0.2, -0.15) is 0 Å². The highest BCUT2D eigenvalue weighted by atomic mass is 127. The molecule has 0 atom stereocenters. The average Bonchev–Trinajstić information content (AvgIpc) is 2.06. The van der Waals surface area contributed by atoms with Crippen molar-refractivity contribution in [1.82, 2.24) is 4.98 Å². The van der Waals surface area contributed by atoms with Gasteiger partial charge in [-0.15, -0.1) is 0 Å². The summed E-state index contributed by atoms with van der Waals surface area (Å²) in [4.78, 5) is 15.6. The Balaban J connectivity index is 2.70. The molecule has 5 heteroatoms. The van der Waals surface area contributed by atoms with E-state index in [9.17, 15) is 4.79 Å². The number of nitrogens with one attached hydrogen (secondary N) is 1. The normalized spacial score (nSPS) is 11.1. The number of nitrogens with zero attached hydrogens (tertiary/aromatic N) is 1. The van der Waals surface area contributed by atoms with E-state index >= 15 is 0 Å². The topological polar surface area (TPSA) is 51.2 Å². The van der Waals surface area contributed by atoms with E-state index in [1.807, 2.05) is 33.8 Å². The van der Waals surface area contributed by atoms with E-state index in [2.05, 4.69) is 32.9 Å². The molecule has 1 aromatic rings. The molecular formula is C11H15IN2O2. The molecular weight excluding hydrogens is 319 g/mol. The molecule has 0 aliphatic carbocycles. The number of aryl methyl sites for hydroxylation is 1. The number of hydrogen-bond acceptors (Lipinski definition) is 3. The minimum absolute atomic E-state index is 0.462. The van der Waals surface area contributed by atoms with Crippen LogP contribution in [0.15, 0.2) is 12.3 Å². The second kappa shape index (κ2) is 4.99. The van der Waals surface area contributed by atoms with Crippen LogP contribution in [0.25, 0.3) is 0 Å². The number of rotatable bonds is 1. The van der Waals surface area contributed by atoms with Gasteiger partial charge >= 0.3 is 6.09 Å². The molecule has 1 rings (SSSR count). The summed E-state index contributed by atoms with van der Waals surface area (Å²) in [6.45, 7) is 7.38. The number of pyridine rings is 1. The average molecular weight is 334 g/mol. The predicted molar refractivity (Wildman–Crippen MR) is 71.5 cm³/mol. The number of ether oxygens (including phenoxy) is 1. The van der Waals surface area contributed by atoms with Gasteiger partial charge in [0.15, 0.2) is 0 Å². The molecule has 0 saturated heterocycles. The lowest BCUT2D eigenvalue weighted by molar-refractivity contribution is 0.0636. The quantitative estimate of drug-likeness (QED) is 0.802. The fourth-order valence-electron chi connectivity index (χ4n) is 1.03. The largest absolute Gasteiger partial charge is 0.444 e. The molecule has 0 bridgehead atoms. The third-order valence-electron chi connectivity index (χ3n) is 1.63. The Morgan fingerprint density at radius 2 is 2.12 bits per heavy atom. The second-order valence-corrected chi connectivity index (χ2v) is 5.59. The van der Waals surface area contributed by atoms with Crippen molar-refractivity contribution in [3.8, 4) is 0 Å². The maximum absolute atomic E-state index is 11.5. The fourth-order valence-corrected chi connectivity index (χ4v) is 1.76. The van der Waals surface area contributed by atoms with E-state index in [1.165, 1.54) is 0 Å². The number of carbonyl (C=O) groups excluding carboxylic acids is 1. The van der Waals surface area contributed by atoms with E-state index in [4.69, 9.17) is 4.74 Å². The van der Waals surface area contributed by atoms with Crippen LogP contribution < -0.4 is 5.32 Å². The Labute approximate surface area is 109 Å². The maximum Gasteiger partial charge on any atom is 0.412 e. The summed E-state index contributed by atoms with van der Waals surface area (Å²) in [5.41, 5.74) is 1.09. The van der Waals surface area contributed by atoms with Crippen molar-refractivity contribution in [3.05, 3.63) is 21.5 Å². The molecule has 1 amide bonds. The van der Waals surface area contributed by atoms with Crippen LogP contribution in [0, 0.1) is 10.5 Å². The van der Waals surface area contributed by atoms with E-state index in [0.717, 1.165) is 9.26 Å². The summed E-state index contributed by atoms with van der Waals surface area (Å²) < 4.78 is 6.09. The molecule has 0 aliphatic rings. The van der Waals surface area contributed by atoms with Crippen molar-refractivity contribution in [3.63, 3.8) is 0 Å². The monoisotopic (exact) mass is 334 g/mol. The third-order valence-corrected chi connectivity index (χ3v) is 2.52. The third kappa shape index (κ3) is 4.34. The number of carbonyl (C=O) groups is 1. The van der Waals surface area contributed by atoms with Gasteiger partial charge < -0.3 is 4.74 Å². The molecule has 0 spiro atoms. The van der Waals surface area contributed by atoms with Crippen LogP contribution >= 0.6 is 22.6 Å². The van der Waals surface area contributed by atoms with Crippen LogP contribution in [0.1, 0.15) is 26.5 Å². The molecule has 0 saturated carbocycles. The highest BCUT2D eigenvalue weighted by Crippen LogP contribution is 2.18. The first-order chi connectivity index (χ1) is 7.28. The lowest BCUT2D eigenvalue weighted by Gasteiger charge is -2.19. The minimum Gasteiger partial charge on any atom is -0.444 e. The first kappa shape index (κ1) is 13.2. The van der Waals surface area contributed by atoms with Crippen molar-refractivity contribution in [2.45, 2.75) is 33.3 Å². The molecule has 4 nitrogen and oxygen atoms in total. The SMILES string of the molecule is Cc1cc(I)c(NC(=O)OC(C)(C)C)cn1. The summed E-state index contributed by atoms with van der Waals surface area (Å²) in [5.74, 6) is 0. The number of amides is 1. The molecule has 0 fully saturated rings. The highest BCUT2D eigenvalue weighted by molar-refractivity contribution is 14.1. The molecule has 1 N–H and O–H groups in total. The van der Waals surface area contributed by atoms with Crippen molar-refractivity contribution in [1.29, 1.82) is 0 Å². The second-order valence-electron chi connectivity index (χ2n) is 4.43. The van der Waals surface area contributed by atoms with Crippen LogP contribution in [0.3, 0.4) is 0 Å². The van der Waals surface area contributed by atoms with Crippen molar-refractivity contribution < 1.29 is 9.53 Å². The van der Waals surface area contributed by atoms with Gasteiger partial charge in [-0.3, -0.25) is 10.3 Å². The number of halogens is 1. The number of anilines is 1. The first-order valence-corrected chi connectivity index (χ1v) is 5.98. The van der Waals surface area contributed by atoms with Crippen molar-refractivity contribution >= 4 is 34.4 Å². The smallest absolute Gasteiger partial charge is 0.412 e. The van der Waals surface area contributed by atoms with Gasteiger partial charge in [-0.1, -0.05) is 0 Å². The Bertz CT molecular complexity index is 399. The minimum atomic E-state index is -0.492. The maximum atomic E-state index is 11.5. The fraction of sp³-hybridized carbons (Fsp3) is 0.455. The Hall–Kier alpha value is -0.850. The van der Waals surface area contributed by atoms with Gasteiger partial charge in [0, 0.05) is 9.26 Å². The molecule has 1 heterocycles. The zero-order valence-corrected chi connectivity index (χ0v) is 12.0. The summed E-state index contributed by atoms with van der Waals surface area (Å²) in [6.07, 6.45) is 1.16. The Kier molecular flexibility index (Phi) is 4.12. The molecule has 0 aromatic carbocycles. The van der Waals surface area contributed by atoms with Gasteiger partial charge in [0.25, 0.3) is 0 Å². The zero-order chi connectivity index (χ0) is 12.3. The molecule has 0 aliphatic heterocycles. The van der Waals surface area contributed by atoms with Crippen LogP contribution in [0.4, 0.5) is 10.5 Å². The molecule has 0 unspecified atom stereocenters. The first-order valence-electron chi connectivity index (χ1n) is 4.90. The van der Waals surface area contributed by atoms with Crippen LogP contribution in [-0.2, 0) is 4.74 Å². The van der Waals surface area contributed by atoms with Gasteiger partial charge in [-0.05, 0) is 56.4 Å². The number of aromatic nitrogens is 1. The summed E-state index contributed by atoms with van der Waals surface area (Å²) in [5, 5.41) is 2.66. The predicted octanol–water partition coefficient (Wildman–Crippen LogP) is 3.34. The van der Waals surface area contributed by atoms with E-state index in [1.54, 1.807) is 6.20 Å².